The number of nitrogens with one attached hydrogen (secondary N) is 1. The molecule has 0 spiro atoms. The van der Waals surface area contributed by atoms with Crippen LogP contribution in [0, 0.1) is 0 Å². The Morgan fingerprint density at radius 1 is 0.935 bits per heavy atom. The monoisotopic (exact) mass is 422 g/mol. The van der Waals surface area contributed by atoms with Crippen molar-refractivity contribution in [2.75, 3.05) is 13.1 Å². The summed E-state index contributed by atoms with van der Waals surface area (Å²) in [5.74, 6) is -1.19. The number of carboxylic acids is 1. The molecule has 31 heavy (non-hydrogen) atoms. The van der Waals surface area contributed by atoms with Gasteiger partial charge in [-0.05, 0) is 37.0 Å². The van der Waals surface area contributed by atoms with E-state index < -0.39 is 5.97 Å². The van der Waals surface area contributed by atoms with E-state index in [1.165, 1.54) is 0 Å². The number of aliphatic carboxylic acids is 1. The molecular weight excluding hydrogens is 392 g/mol. The van der Waals surface area contributed by atoms with Crippen molar-refractivity contribution in [2.45, 2.75) is 38.6 Å². The van der Waals surface area contributed by atoms with Crippen molar-refractivity contribution in [3.05, 3.63) is 83.9 Å². The third-order valence-corrected chi connectivity index (χ3v) is 4.85. The second-order valence-electron chi connectivity index (χ2n) is 7.21. The third-order valence-electron chi connectivity index (χ3n) is 4.85. The Balaban J connectivity index is 2.10. The van der Waals surface area contributed by atoms with E-state index in [1.54, 1.807) is 12.2 Å². The Kier molecular flexibility index (Phi) is 10.0. The molecule has 2 rings (SSSR count). The predicted molar refractivity (Wildman–Crippen MR) is 120 cm³/mol. The SMILES string of the molecule is C/C=C/C(=O)N(CCCCC(=O)NCCC(=O)O)C(c1ccccc1)c1ccccc1. The number of amides is 2. The summed E-state index contributed by atoms with van der Waals surface area (Å²) in [5, 5.41) is 11.3. The topological polar surface area (TPSA) is 86.7 Å². The van der Waals surface area contributed by atoms with Crippen LogP contribution >= 0.6 is 0 Å². The van der Waals surface area contributed by atoms with Gasteiger partial charge in [0, 0.05) is 19.5 Å². The highest BCUT2D eigenvalue weighted by atomic mass is 16.4. The number of nitrogens with zero attached hydrogens (tertiary/aromatic N) is 1. The molecule has 0 aliphatic rings. The zero-order valence-corrected chi connectivity index (χ0v) is 17.9. The molecule has 2 amide bonds. The third kappa shape index (κ3) is 8.09. The van der Waals surface area contributed by atoms with Crippen LogP contribution in [-0.2, 0) is 14.4 Å². The van der Waals surface area contributed by atoms with Gasteiger partial charge in [0.05, 0.1) is 12.5 Å². The Bertz CT molecular complexity index is 826. The quantitative estimate of drug-likeness (QED) is 0.401. The fourth-order valence-electron chi connectivity index (χ4n) is 3.39. The van der Waals surface area contributed by atoms with Crippen LogP contribution in [0.15, 0.2) is 72.8 Å². The van der Waals surface area contributed by atoms with Crippen molar-refractivity contribution in [3.8, 4) is 0 Å². The number of allylic oxidation sites excluding steroid dienone is 1. The van der Waals surface area contributed by atoms with Gasteiger partial charge in [-0.2, -0.15) is 0 Å². The molecule has 0 saturated heterocycles. The molecule has 0 atom stereocenters. The molecule has 0 heterocycles. The van der Waals surface area contributed by atoms with E-state index >= 15 is 0 Å². The van der Waals surface area contributed by atoms with E-state index in [0.29, 0.717) is 25.8 Å². The molecule has 0 aromatic heterocycles. The summed E-state index contributed by atoms with van der Waals surface area (Å²) in [6.45, 7) is 2.45. The number of rotatable bonds is 12. The molecule has 164 valence electrons. The van der Waals surface area contributed by atoms with Crippen LogP contribution in [0.4, 0.5) is 0 Å². The summed E-state index contributed by atoms with van der Waals surface area (Å²) < 4.78 is 0. The van der Waals surface area contributed by atoms with Gasteiger partial charge in [0.15, 0.2) is 0 Å². The first-order valence-corrected chi connectivity index (χ1v) is 10.5. The summed E-state index contributed by atoms with van der Waals surface area (Å²) >= 11 is 0. The summed E-state index contributed by atoms with van der Waals surface area (Å²) in [6.07, 6.45) is 4.77. The maximum Gasteiger partial charge on any atom is 0.305 e. The van der Waals surface area contributed by atoms with E-state index in [2.05, 4.69) is 5.32 Å². The number of hydrogen-bond donors (Lipinski definition) is 2. The van der Waals surface area contributed by atoms with E-state index in [4.69, 9.17) is 5.11 Å². The lowest BCUT2D eigenvalue weighted by molar-refractivity contribution is -0.137. The highest BCUT2D eigenvalue weighted by molar-refractivity contribution is 5.88. The number of carboxylic acid groups (broad SMARTS) is 1. The normalized spacial score (nSPS) is 10.9. The lowest BCUT2D eigenvalue weighted by Crippen LogP contribution is -2.35. The number of benzene rings is 2. The fraction of sp³-hybridized carbons (Fsp3) is 0.320. The van der Waals surface area contributed by atoms with E-state index in [0.717, 1.165) is 11.1 Å². The van der Waals surface area contributed by atoms with Crippen LogP contribution in [0.5, 0.6) is 0 Å². The van der Waals surface area contributed by atoms with Gasteiger partial charge in [-0.1, -0.05) is 66.7 Å². The van der Waals surface area contributed by atoms with E-state index in [1.807, 2.05) is 72.5 Å². The van der Waals surface area contributed by atoms with Gasteiger partial charge in [-0.15, -0.1) is 0 Å². The van der Waals surface area contributed by atoms with Crippen molar-refractivity contribution < 1.29 is 19.5 Å². The first kappa shape index (κ1) is 23.9. The predicted octanol–water partition coefficient (Wildman–Crippen LogP) is 3.94. The van der Waals surface area contributed by atoms with Crippen LogP contribution in [0.3, 0.4) is 0 Å². The molecule has 0 radical (unpaired) electrons. The molecule has 0 aliphatic carbocycles. The molecular formula is C25H30N2O4. The molecule has 2 aromatic rings. The molecule has 0 aliphatic heterocycles. The summed E-state index contributed by atoms with van der Waals surface area (Å²) in [7, 11) is 0. The molecule has 2 aromatic carbocycles. The Morgan fingerprint density at radius 3 is 2.03 bits per heavy atom. The molecule has 0 bridgehead atoms. The van der Waals surface area contributed by atoms with Gasteiger partial charge >= 0.3 is 5.97 Å². The van der Waals surface area contributed by atoms with Crippen molar-refractivity contribution >= 4 is 17.8 Å². The largest absolute Gasteiger partial charge is 0.481 e. The first-order chi connectivity index (χ1) is 15.0. The van der Waals surface area contributed by atoms with Crippen molar-refractivity contribution in [2.24, 2.45) is 0 Å². The fourth-order valence-corrected chi connectivity index (χ4v) is 3.39. The Labute approximate surface area is 183 Å². The maximum absolute atomic E-state index is 13.0. The second kappa shape index (κ2) is 13.0. The summed E-state index contributed by atoms with van der Waals surface area (Å²) in [5.41, 5.74) is 2.05. The van der Waals surface area contributed by atoms with Gasteiger partial charge < -0.3 is 15.3 Å². The number of unbranched alkanes of at least 4 members (excludes halogenated alkanes) is 1. The molecule has 0 fully saturated rings. The zero-order valence-electron chi connectivity index (χ0n) is 17.9. The first-order valence-electron chi connectivity index (χ1n) is 10.5. The molecule has 6 nitrogen and oxygen atoms in total. The highest BCUT2D eigenvalue weighted by Gasteiger charge is 2.25. The minimum atomic E-state index is -0.939. The Hall–Kier alpha value is -3.41. The lowest BCUT2D eigenvalue weighted by atomic mass is 9.96. The van der Waals surface area contributed by atoms with Crippen LogP contribution in [0.25, 0.3) is 0 Å². The second-order valence-corrected chi connectivity index (χ2v) is 7.21. The Morgan fingerprint density at radius 2 is 1.52 bits per heavy atom. The molecule has 0 unspecified atom stereocenters. The van der Waals surface area contributed by atoms with Crippen LogP contribution < -0.4 is 5.32 Å². The minimum Gasteiger partial charge on any atom is -0.481 e. The van der Waals surface area contributed by atoms with E-state index in [-0.39, 0.29) is 30.8 Å². The average Bonchev–Trinajstić information content (AvgIpc) is 2.77. The summed E-state index contributed by atoms with van der Waals surface area (Å²) in [6, 6.07) is 19.6. The number of carbonyl (C=O) groups excluding carboxylic acids is 2. The number of hydrogen-bond acceptors (Lipinski definition) is 3. The highest BCUT2D eigenvalue weighted by Crippen LogP contribution is 2.29. The number of carbonyl (C=O) groups is 3. The molecule has 0 saturated carbocycles. The molecule has 2 N–H and O–H groups in total. The lowest BCUT2D eigenvalue weighted by Gasteiger charge is -2.32. The minimum absolute atomic E-state index is 0.0777. The van der Waals surface area contributed by atoms with Crippen LogP contribution in [-0.4, -0.2) is 40.9 Å². The van der Waals surface area contributed by atoms with Crippen LogP contribution in [0.2, 0.25) is 0 Å². The van der Waals surface area contributed by atoms with Crippen LogP contribution in [0.1, 0.15) is 49.8 Å². The molecule has 6 heteroatoms. The van der Waals surface area contributed by atoms with Gasteiger partial charge in [-0.25, -0.2) is 0 Å². The maximum atomic E-state index is 13.0. The van der Waals surface area contributed by atoms with Gasteiger partial charge in [0.1, 0.15) is 0 Å². The van der Waals surface area contributed by atoms with Gasteiger partial charge in [0.25, 0.3) is 0 Å². The van der Waals surface area contributed by atoms with Gasteiger partial charge in [0.2, 0.25) is 11.8 Å². The van der Waals surface area contributed by atoms with Crippen molar-refractivity contribution in [3.63, 3.8) is 0 Å². The van der Waals surface area contributed by atoms with Gasteiger partial charge in [-0.3, -0.25) is 14.4 Å². The van der Waals surface area contributed by atoms with Crippen molar-refractivity contribution in [1.29, 1.82) is 0 Å². The standard InChI is InChI=1S/C25H30N2O4/c1-2-11-23(29)27(19-10-9-16-22(28)26-18-17-24(30)31)25(20-12-5-3-6-13-20)21-14-7-4-8-15-21/h2-8,11-15,25H,9-10,16-19H2,1H3,(H,26,28)(H,30,31)/b11-2+. The summed E-state index contributed by atoms with van der Waals surface area (Å²) in [4.78, 5) is 37.2. The van der Waals surface area contributed by atoms with E-state index in [9.17, 15) is 14.4 Å². The zero-order chi connectivity index (χ0) is 22.5. The smallest absolute Gasteiger partial charge is 0.305 e. The average molecular weight is 423 g/mol. The van der Waals surface area contributed by atoms with Crippen molar-refractivity contribution in [1.82, 2.24) is 10.2 Å².